The minimum Gasteiger partial charge on any atom is -0.330 e. The first-order chi connectivity index (χ1) is 7.79. The van der Waals surface area contributed by atoms with Gasteiger partial charge in [0.25, 0.3) is 0 Å². The molecule has 1 spiro atoms. The molecule has 1 saturated heterocycles. The minimum atomic E-state index is 0.721. The summed E-state index contributed by atoms with van der Waals surface area (Å²) in [5.41, 5.74) is 6.41. The van der Waals surface area contributed by atoms with Crippen LogP contribution in [0, 0.1) is 5.41 Å². The quantitative estimate of drug-likeness (QED) is 0.795. The molecule has 2 heteroatoms. The van der Waals surface area contributed by atoms with E-state index in [0.717, 1.165) is 18.0 Å². The van der Waals surface area contributed by atoms with Crippen molar-refractivity contribution in [3.63, 3.8) is 0 Å². The Kier molecular flexibility index (Phi) is 4.26. The topological polar surface area (TPSA) is 29.3 Å². The van der Waals surface area contributed by atoms with Crippen LogP contribution in [0.3, 0.4) is 0 Å². The molecule has 1 atom stereocenters. The maximum atomic E-state index is 5.69. The lowest BCUT2D eigenvalue weighted by molar-refractivity contribution is -0.0440. The van der Waals surface area contributed by atoms with Crippen LogP contribution in [0.5, 0.6) is 0 Å². The highest BCUT2D eigenvalue weighted by molar-refractivity contribution is 4.97. The average Bonchev–Trinajstić information content (AvgIpc) is 2.49. The van der Waals surface area contributed by atoms with Crippen molar-refractivity contribution in [3.8, 4) is 0 Å². The van der Waals surface area contributed by atoms with Crippen molar-refractivity contribution in [2.75, 3.05) is 19.6 Å². The fraction of sp³-hybridized carbons (Fsp3) is 1.00. The Balaban J connectivity index is 1.82. The van der Waals surface area contributed by atoms with E-state index < -0.39 is 0 Å². The third-order valence-electron chi connectivity index (χ3n) is 4.73. The molecule has 1 unspecified atom stereocenters. The normalized spacial score (nSPS) is 27.4. The zero-order valence-corrected chi connectivity index (χ0v) is 10.9. The summed E-state index contributed by atoms with van der Waals surface area (Å²) < 4.78 is 0. The summed E-state index contributed by atoms with van der Waals surface area (Å²) >= 11 is 0. The molecule has 2 N–H and O–H groups in total. The zero-order chi connectivity index (χ0) is 11.4. The molecule has 0 aromatic heterocycles. The third-order valence-corrected chi connectivity index (χ3v) is 4.73. The highest BCUT2D eigenvalue weighted by Gasteiger charge is 2.44. The average molecular weight is 224 g/mol. The smallest absolute Gasteiger partial charge is 0.0105 e. The van der Waals surface area contributed by atoms with Gasteiger partial charge < -0.3 is 5.73 Å². The lowest BCUT2D eigenvalue weighted by atomic mass is 9.72. The first-order valence-corrected chi connectivity index (χ1v) is 7.24. The number of nitrogens with two attached hydrogens (primary N) is 1. The highest BCUT2D eigenvalue weighted by atomic mass is 15.2. The van der Waals surface area contributed by atoms with Crippen LogP contribution in [0.2, 0.25) is 0 Å². The van der Waals surface area contributed by atoms with Gasteiger partial charge in [0.15, 0.2) is 0 Å². The number of hydrogen-bond donors (Lipinski definition) is 1. The van der Waals surface area contributed by atoms with Gasteiger partial charge in [-0.05, 0) is 37.6 Å². The van der Waals surface area contributed by atoms with Crippen LogP contribution >= 0.6 is 0 Å². The third kappa shape index (κ3) is 2.60. The van der Waals surface area contributed by atoms with Gasteiger partial charge in [0.2, 0.25) is 0 Å². The molecule has 0 aromatic carbocycles. The van der Waals surface area contributed by atoms with Crippen molar-refractivity contribution in [2.24, 2.45) is 11.1 Å². The van der Waals surface area contributed by atoms with Crippen LogP contribution in [0.15, 0.2) is 0 Å². The van der Waals surface area contributed by atoms with Gasteiger partial charge in [0, 0.05) is 19.1 Å². The Morgan fingerprint density at radius 1 is 1.12 bits per heavy atom. The van der Waals surface area contributed by atoms with E-state index in [1.807, 2.05) is 0 Å². The van der Waals surface area contributed by atoms with Crippen LogP contribution in [-0.4, -0.2) is 30.6 Å². The molecule has 2 rings (SSSR count). The SMILES string of the molecule is CCC(CCN)N1CC2(CCCCCC2)C1. The summed E-state index contributed by atoms with van der Waals surface area (Å²) in [7, 11) is 0. The molecule has 1 aliphatic heterocycles. The van der Waals surface area contributed by atoms with E-state index in [9.17, 15) is 0 Å². The summed E-state index contributed by atoms with van der Waals surface area (Å²) in [6, 6.07) is 0.763. The first kappa shape index (κ1) is 12.4. The van der Waals surface area contributed by atoms with Crippen LogP contribution in [0.4, 0.5) is 0 Å². The molecule has 2 aliphatic rings. The predicted molar refractivity (Wildman–Crippen MR) is 69.5 cm³/mol. The predicted octanol–water partition coefficient (Wildman–Crippen LogP) is 2.77. The van der Waals surface area contributed by atoms with Crippen LogP contribution in [-0.2, 0) is 0 Å². The minimum absolute atomic E-state index is 0.721. The number of rotatable bonds is 4. The fourth-order valence-electron chi connectivity index (χ4n) is 3.71. The molecule has 0 bridgehead atoms. The molecule has 16 heavy (non-hydrogen) atoms. The summed E-state index contributed by atoms with van der Waals surface area (Å²) in [6.45, 7) is 5.89. The first-order valence-electron chi connectivity index (χ1n) is 7.24. The molecule has 0 aromatic rings. The Labute approximate surface area is 101 Å². The second-order valence-electron chi connectivity index (χ2n) is 5.96. The Morgan fingerprint density at radius 2 is 1.75 bits per heavy atom. The van der Waals surface area contributed by atoms with Gasteiger partial charge >= 0.3 is 0 Å². The largest absolute Gasteiger partial charge is 0.330 e. The van der Waals surface area contributed by atoms with Crippen molar-refractivity contribution in [1.82, 2.24) is 4.90 Å². The summed E-state index contributed by atoms with van der Waals surface area (Å²) in [6.07, 6.45) is 11.3. The molecule has 0 amide bonds. The Morgan fingerprint density at radius 3 is 2.25 bits per heavy atom. The van der Waals surface area contributed by atoms with Gasteiger partial charge in [-0.2, -0.15) is 0 Å². The molecule has 2 fully saturated rings. The summed E-state index contributed by atoms with van der Waals surface area (Å²) in [4.78, 5) is 2.69. The van der Waals surface area contributed by atoms with Crippen molar-refractivity contribution in [3.05, 3.63) is 0 Å². The highest BCUT2D eigenvalue weighted by Crippen LogP contribution is 2.44. The van der Waals surface area contributed by atoms with Crippen molar-refractivity contribution < 1.29 is 0 Å². The van der Waals surface area contributed by atoms with Crippen LogP contribution in [0.1, 0.15) is 58.3 Å². The van der Waals surface area contributed by atoms with E-state index >= 15 is 0 Å². The fourth-order valence-corrected chi connectivity index (χ4v) is 3.71. The van der Waals surface area contributed by atoms with E-state index in [2.05, 4.69) is 11.8 Å². The summed E-state index contributed by atoms with van der Waals surface area (Å²) in [5, 5.41) is 0. The van der Waals surface area contributed by atoms with Gasteiger partial charge in [0.1, 0.15) is 0 Å². The van der Waals surface area contributed by atoms with E-state index in [0.29, 0.717) is 0 Å². The lowest BCUT2D eigenvalue weighted by Gasteiger charge is -2.53. The molecule has 2 nitrogen and oxygen atoms in total. The van der Waals surface area contributed by atoms with Crippen molar-refractivity contribution >= 4 is 0 Å². The van der Waals surface area contributed by atoms with E-state index in [4.69, 9.17) is 5.73 Å². The number of likely N-dealkylation sites (tertiary alicyclic amines) is 1. The standard InChI is InChI=1S/C14H28N2/c1-2-13(7-10-15)16-11-14(12-16)8-5-3-4-6-9-14/h13H,2-12,15H2,1H3. The van der Waals surface area contributed by atoms with Gasteiger partial charge in [-0.3, -0.25) is 4.90 Å². The van der Waals surface area contributed by atoms with E-state index in [1.54, 1.807) is 0 Å². The van der Waals surface area contributed by atoms with Gasteiger partial charge in [0.05, 0.1) is 0 Å². The maximum absolute atomic E-state index is 5.69. The summed E-state index contributed by atoms with van der Waals surface area (Å²) in [5.74, 6) is 0. The zero-order valence-electron chi connectivity index (χ0n) is 10.9. The molecule has 1 saturated carbocycles. The molecular formula is C14H28N2. The maximum Gasteiger partial charge on any atom is 0.0105 e. The van der Waals surface area contributed by atoms with Crippen LogP contribution in [0.25, 0.3) is 0 Å². The van der Waals surface area contributed by atoms with Crippen molar-refractivity contribution in [1.29, 1.82) is 0 Å². The molecule has 0 radical (unpaired) electrons. The second-order valence-corrected chi connectivity index (χ2v) is 5.96. The molecule has 94 valence electrons. The second kappa shape index (κ2) is 5.50. The Hall–Kier alpha value is -0.0800. The lowest BCUT2D eigenvalue weighted by Crippen LogP contribution is -2.59. The van der Waals surface area contributed by atoms with Gasteiger partial charge in [-0.1, -0.05) is 32.6 Å². The monoisotopic (exact) mass is 224 g/mol. The Bertz CT molecular complexity index is 199. The van der Waals surface area contributed by atoms with E-state index in [1.165, 1.54) is 64.5 Å². The van der Waals surface area contributed by atoms with E-state index in [-0.39, 0.29) is 0 Å². The van der Waals surface area contributed by atoms with Crippen molar-refractivity contribution in [2.45, 2.75) is 64.3 Å². The molecular weight excluding hydrogens is 196 g/mol. The van der Waals surface area contributed by atoms with Gasteiger partial charge in [-0.15, -0.1) is 0 Å². The number of nitrogens with zero attached hydrogens (tertiary/aromatic N) is 1. The number of hydrogen-bond acceptors (Lipinski definition) is 2. The molecule has 1 aliphatic carbocycles. The van der Waals surface area contributed by atoms with Gasteiger partial charge in [-0.25, -0.2) is 0 Å². The van der Waals surface area contributed by atoms with Crippen LogP contribution < -0.4 is 5.73 Å². The molecule has 1 heterocycles.